The lowest BCUT2D eigenvalue weighted by atomic mass is 10.1. The van der Waals surface area contributed by atoms with Gasteiger partial charge in [0.25, 0.3) is 5.91 Å². The molecule has 0 saturated carbocycles. The normalized spacial score (nSPS) is 15.2. The first-order chi connectivity index (χ1) is 16.0. The van der Waals surface area contributed by atoms with Crippen LogP contribution < -0.4 is 10.1 Å². The number of fused-ring (bicyclic) bond motifs is 1. The summed E-state index contributed by atoms with van der Waals surface area (Å²) in [6, 6.07) is 2.20. The van der Waals surface area contributed by atoms with Crippen molar-refractivity contribution in [3.63, 3.8) is 0 Å². The number of carbonyl (C=O) groups is 2. The molecule has 1 unspecified atom stereocenters. The molecule has 1 atom stereocenters. The molecule has 0 radical (unpaired) electrons. The Balaban J connectivity index is 1.70. The Morgan fingerprint density at radius 1 is 1.35 bits per heavy atom. The van der Waals surface area contributed by atoms with E-state index in [2.05, 4.69) is 20.5 Å². The van der Waals surface area contributed by atoms with Gasteiger partial charge in [0.1, 0.15) is 23.5 Å². The van der Waals surface area contributed by atoms with Gasteiger partial charge in [-0.15, -0.1) is 0 Å². The molecule has 4 rings (SSSR count). The van der Waals surface area contributed by atoms with Crippen molar-refractivity contribution >= 4 is 29.3 Å². The van der Waals surface area contributed by atoms with Gasteiger partial charge in [-0.05, 0) is 36.6 Å². The molecule has 0 saturated heterocycles. The highest BCUT2D eigenvalue weighted by Crippen LogP contribution is 2.46. The Morgan fingerprint density at radius 3 is 2.71 bits per heavy atom. The van der Waals surface area contributed by atoms with Crippen LogP contribution in [0.5, 0.6) is 6.01 Å². The van der Waals surface area contributed by atoms with E-state index in [0.29, 0.717) is 0 Å². The van der Waals surface area contributed by atoms with E-state index in [0.717, 1.165) is 35.0 Å². The summed E-state index contributed by atoms with van der Waals surface area (Å²) in [5, 5.41) is 8.07. The number of alkyl halides is 3. The second-order valence-electron chi connectivity index (χ2n) is 7.55. The Morgan fingerprint density at radius 2 is 2.09 bits per heavy atom. The topological polar surface area (TPSA) is 105 Å². The molecule has 0 fully saturated rings. The molecule has 0 bridgehead atoms. The van der Waals surface area contributed by atoms with Crippen LogP contribution in [0.15, 0.2) is 24.5 Å². The van der Waals surface area contributed by atoms with Crippen molar-refractivity contribution in [2.75, 3.05) is 12.4 Å². The molecule has 2 N–H and O–H groups in total. The molecule has 9 nitrogen and oxygen atoms in total. The quantitative estimate of drug-likeness (QED) is 0.519. The summed E-state index contributed by atoms with van der Waals surface area (Å²) < 4.78 is 61.4. The Hall–Kier alpha value is -3.61. The Kier molecular flexibility index (Phi) is 5.98. The largest absolute Gasteiger partial charge is 0.431 e. The predicted molar refractivity (Wildman–Crippen MR) is 111 cm³/mol. The molecule has 2 amide bonds. The molecule has 1 aliphatic carbocycles. The van der Waals surface area contributed by atoms with E-state index >= 15 is 0 Å². The molecule has 0 spiro atoms. The van der Waals surface area contributed by atoms with Gasteiger partial charge in [-0.25, -0.2) is 14.3 Å². The van der Waals surface area contributed by atoms with Crippen LogP contribution in [0.25, 0.3) is 0 Å². The number of hydrogen-bond donors (Lipinski definition) is 2. The van der Waals surface area contributed by atoms with Crippen molar-refractivity contribution in [3.05, 3.63) is 57.9 Å². The predicted octanol–water partition coefficient (Wildman–Crippen LogP) is 4.32. The summed E-state index contributed by atoms with van der Waals surface area (Å²) >= 11 is 5.73. The fourth-order valence-electron chi connectivity index (χ4n) is 4.11. The van der Waals surface area contributed by atoms with Crippen molar-refractivity contribution in [1.29, 1.82) is 0 Å². The highest BCUT2D eigenvalue weighted by molar-refractivity contribution is 6.31. The number of aromatic amines is 1. The van der Waals surface area contributed by atoms with Crippen LogP contribution in [0.2, 0.25) is 5.02 Å². The van der Waals surface area contributed by atoms with Gasteiger partial charge in [-0.2, -0.15) is 23.3 Å². The summed E-state index contributed by atoms with van der Waals surface area (Å²) in [7, 11) is 2.42. The van der Waals surface area contributed by atoms with Crippen LogP contribution in [0, 0.1) is 5.82 Å². The summed E-state index contributed by atoms with van der Waals surface area (Å²) in [4.78, 5) is 30.2. The minimum absolute atomic E-state index is 0.108. The van der Waals surface area contributed by atoms with Crippen molar-refractivity contribution in [3.8, 4) is 6.01 Å². The van der Waals surface area contributed by atoms with E-state index < -0.39 is 35.7 Å². The van der Waals surface area contributed by atoms with Gasteiger partial charge in [0.15, 0.2) is 0 Å². The van der Waals surface area contributed by atoms with Crippen molar-refractivity contribution in [2.24, 2.45) is 7.05 Å². The van der Waals surface area contributed by atoms with Gasteiger partial charge in [-0.3, -0.25) is 4.79 Å². The van der Waals surface area contributed by atoms with Gasteiger partial charge in [-0.1, -0.05) is 11.6 Å². The lowest BCUT2D eigenvalue weighted by Crippen LogP contribution is -2.34. The molecule has 180 valence electrons. The molecule has 0 aliphatic heterocycles. The number of nitrogens with one attached hydrogen (secondary N) is 2. The molecule has 34 heavy (non-hydrogen) atoms. The maximum Gasteiger partial charge on any atom is 0.431 e. The summed E-state index contributed by atoms with van der Waals surface area (Å²) in [6.07, 6.45) is -4.40. The SMILES string of the molecule is CN(C(=O)Oc1ncn[nH]1)C1CCc2c1c(C(F)(F)F)n(C)c2C(=O)Nc1ccc(F)c(Cl)c1. The fourth-order valence-corrected chi connectivity index (χ4v) is 4.29. The standard InChI is InChI=1S/C20H17ClF4N6O3/c1-30(19(33)34-18-26-8-27-29-18)13-6-4-10-14(13)16(20(23,24)25)31(2)15(10)17(32)28-9-3-5-12(22)11(21)7-9/h3,5,7-8,13H,4,6H2,1-2H3,(H,28,32)(H,26,27,29). The van der Waals surface area contributed by atoms with E-state index in [1.54, 1.807) is 0 Å². The van der Waals surface area contributed by atoms with E-state index in [1.807, 2.05) is 0 Å². The van der Waals surface area contributed by atoms with Crippen LogP contribution in [0.3, 0.4) is 0 Å². The van der Waals surface area contributed by atoms with Gasteiger partial charge < -0.3 is 19.5 Å². The smallest absolute Gasteiger partial charge is 0.374 e. The van der Waals surface area contributed by atoms with Crippen LogP contribution >= 0.6 is 11.6 Å². The van der Waals surface area contributed by atoms with Crippen molar-refractivity contribution < 1.29 is 31.9 Å². The third kappa shape index (κ3) is 4.18. The van der Waals surface area contributed by atoms with Gasteiger partial charge in [0.2, 0.25) is 0 Å². The lowest BCUT2D eigenvalue weighted by Gasteiger charge is -2.25. The zero-order valence-corrected chi connectivity index (χ0v) is 18.5. The number of ether oxygens (including phenoxy) is 1. The molecule has 3 aromatic rings. The van der Waals surface area contributed by atoms with Crippen LogP contribution in [-0.2, 0) is 19.6 Å². The number of halogens is 5. The van der Waals surface area contributed by atoms with Crippen LogP contribution in [0.4, 0.5) is 28.0 Å². The molecule has 2 aromatic heterocycles. The molecular formula is C20H17ClF4N6O3. The highest BCUT2D eigenvalue weighted by Gasteiger charge is 2.47. The zero-order chi connectivity index (χ0) is 24.8. The third-order valence-corrected chi connectivity index (χ3v) is 5.82. The third-order valence-electron chi connectivity index (χ3n) is 5.53. The lowest BCUT2D eigenvalue weighted by molar-refractivity contribution is -0.144. The molecule has 1 aromatic carbocycles. The minimum Gasteiger partial charge on any atom is -0.374 e. The first-order valence-corrected chi connectivity index (χ1v) is 10.2. The maximum atomic E-state index is 14.1. The van der Waals surface area contributed by atoms with Crippen molar-refractivity contribution in [2.45, 2.75) is 25.1 Å². The van der Waals surface area contributed by atoms with Crippen LogP contribution in [-0.4, -0.2) is 43.7 Å². The number of benzene rings is 1. The maximum absolute atomic E-state index is 14.1. The Bertz CT molecular complexity index is 1260. The van der Waals surface area contributed by atoms with Gasteiger partial charge in [0.05, 0.1) is 11.1 Å². The number of aromatic nitrogens is 4. The molecular weight excluding hydrogens is 484 g/mol. The summed E-state index contributed by atoms with van der Waals surface area (Å²) in [5.74, 6) is -1.54. The zero-order valence-electron chi connectivity index (χ0n) is 17.7. The van der Waals surface area contributed by atoms with E-state index in [-0.39, 0.29) is 46.4 Å². The monoisotopic (exact) mass is 500 g/mol. The first kappa shape index (κ1) is 23.5. The highest BCUT2D eigenvalue weighted by atomic mass is 35.5. The van der Waals surface area contributed by atoms with Crippen molar-refractivity contribution in [1.82, 2.24) is 24.6 Å². The second kappa shape index (κ2) is 8.63. The second-order valence-corrected chi connectivity index (χ2v) is 7.96. The van der Waals surface area contributed by atoms with Gasteiger partial charge >= 0.3 is 18.3 Å². The van der Waals surface area contributed by atoms with Crippen LogP contribution in [0.1, 0.15) is 39.8 Å². The number of hydrogen-bond acceptors (Lipinski definition) is 5. The van der Waals surface area contributed by atoms with E-state index in [9.17, 15) is 27.2 Å². The number of anilines is 1. The first-order valence-electron chi connectivity index (χ1n) is 9.84. The molecule has 14 heteroatoms. The summed E-state index contributed by atoms with van der Waals surface area (Å²) in [6.45, 7) is 0. The number of rotatable bonds is 4. The molecule has 1 aliphatic rings. The fraction of sp³-hybridized carbons (Fsp3) is 0.300. The molecule has 2 heterocycles. The average molecular weight is 501 g/mol. The number of H-pyrrole nitrogens is 1. The number of nitrogens with zero attached hydrogens (tertiary/aromatic N) is 4. The summed E-state index contributed by atoms with van der Waals surface area (Å²) in [5.41, 5.74) is -1.18. The van der Waals surface area contributed by atoms with Gasteiger partial charge in [0, 0.05) is 25.3 Å². The Labute approximate surface area is 194 Å². The average Bonchev–Trinajstić information content (AvgIpc) is 3.45. The number of carbonyl (C=O) groups excluding carboxylic acids is 2. The minimum atomic E-state index is -4.81. The van der Waals surface area contributed by atoms with E-state index in [1.165, 1.54) is 13.1 Å². The van der Waals surface area contributed by atoms with E-state index in [4.69, 9.17) is 16.3 Å². The number of amides is 2.